The zero-order chi connectivity index (χ0) is 22.1. The molecule has 1 aromatic rings. The average molecular weight is 432 g/mol. The van der Waals surface area contributed by atoms with Gasteiger partial charge in [0.25, 0.3) is 0 Å². The van der Waals surface area contributed by atoms with Crippen molar-refractivity contribution >= 4 is 11.6 Å². The number of guanidine groups is 1. The van der Waals surface area contributed by atoms with Crippen LogP contribution in [-0.2, 0) is 4.74 Å². The van der Waals surface area contributed by atoms with Gasteiger partial charge in [-0.25, -0.2) is 0 Å². The molecule has 0 aliphatic carbocycles. The second kappa shape index (κ2) is 11.7. The van der Waals surface area contributed by atoms with Gasteiger partial charge in [0, 0.05) is 70.1 Å². The third-order valence-electron chi connectivity index (χ3n) is 6.75. The summed E-state index contributed by atoms with van der Waals surface area (Å²) in [7, 11) is 0. The molecule has 3 N–H and O–H groups in total. The second-order valence-corrected chi connectivity index (χ2v) is 8.95. The Morgan fingerprint density at radius 2 is 2.00 bits per heavy atom. The fourth-order valence-electron chi connectivity index (χ4n) is 4.50. The van der Waals surface area contributed by atoms with E-state index < -0.39 is 0 Å². The zero-order valence-corrected chi connectivity index (χ0v) is 19.6. The Morgan fingerprint density at radius 3 is 2.68 bits per heavy atom. The molecule has 174 valence electrons. The molecule has 0 radical (unpaired) electrons. The quantitative estimate of drug-likeness (QED) is 0.409. The van der Waals surface area contributed by atoms with Crippen molar-refractivity contribution in [3.63, 3.8) is 0 Å². The maximum Gasteiger partial charge on any atom is 0.191 e. The molecular weight excluding hydrogens is 390 g/mol. The zero-order valence-electron chi connectivity index (χ0n) is 19.6. The lowest BCUT2D eigenvalue weighted by Gasteiger charge is -2.37. The van der Waals surface area contributed by atoms with Crippen molar-refractivity contribution in [2.75, 3.05) is 77.1 Å². The fourth-order valence-corrected chi connectivity index (χ4v) is 4.50. The summed E-state index contributed by atoms with van der Waals surface area (Å²) < 4.78 is 5.59. The van der Waals surface area contributed by atoms with E-state index in [1.165, 1.54) is 16.8 Å². The minimum Gasteiger partial charge on any atom is -0.396 e. The van der Waals surface area contributed by atoms with E-state index in [1.807, 2.05) is 0 Å². The van der Waals surface area contributed by atoms with Gasteiger partial charge in [0.05, 0.1) is 13.2 Å². The van der Waals surface area contributed by atoms with E-state index in [2.05, 4.69) is 59.4 Å². The smallest absolute Gasteiger partial charge is 0.191 e. The highest BCUT2D eigenvalue weighted by Crippen LogP contribution is 2.32. The summed E-state index contributed by atoms with van der Waals surface area (Å²) in [6.07, 6.45) is 1.72. The van der Waals surface area contributed by atoms with Gasteiger partial charge in [-0.3, -0.25) is 9.89 Å². The van der Waals surface area contributed by atoms with Gasteiger partial charge in [0.1, 0.15) is 0 Å². The molecule has 7 heteroatoms. The van der Waals surface area contributed by atoms with Crippen molar-refractivity contribution in [1.29, 1.82) is 0 Å². The maximum atomic E-state index is 9.42. The van der Waals surface area contributed by atoms with Crippen LogP contribution in [0.25, 0.3) is 0 Å². The summed E-state index contributed by atoms with van der Waals surface area (Å²) in [5, 5.41) is 16.3. The Balaban J connectivity index is 1.44. The number of nitrogens with one attached hydrogen (secondary N) is 2. The molecule has 3 rings (SSSR count). The summed E-state index contributed by atoms with van der Waals surface area (Å²) in [4.78, 5) is 9.86. The predicted octanol–water partition coefficient (Wildman–Crippen LogP) is 1.77. The van der Waals surface area contributed by atoms with Crippen LogP contribution in [0.1, 0.15) is 30.9 Å². The molecule has 2 saturated heterocycles. The monoisotopic (exact) mass is 431 g/mol. The number of aryl methyl sites for hydroxylation is 1. The number of hydrogen-bond acceptors (Lipinski definition) is 5. The van der Waals surface area contributed by atoms with Gasteiger partial charge in [0.15, 0.2) is 5.96 Å². The van der Waals surface area contributed by atoms with Gasteiger partial charge in [-0.15, -0.1) is 0 Å². The second-order valence-electron chi connectivity index (χ2n) is 8.95. The number of anilines is 1. The van der Waals surface area contributed by atoms with E-state index in [-0.39, 0.29) is 12.0 Å². The Kier molecular flexibility index (Phi) is 8.99. The van der Waals surface area contributed by atoms with E-state index in [0.29, 0.717) is 13.2 Å². The van der Waals surface area contributed by atoms with E-state index in [0.717, 1.165) is 71.2 Å². The number of piperazine rings is 1. The number of aliphatic hydroxyl groups is 1. The first kappa shape index (κ1) is 23.8. The summed E-state index contributed by atoms with van der Waals surface area (Å²) in [6.45, 7) is 15.9. The minimum atomic E-state index is -0.0125. The standard InChI is InChI=1S/C24H41N5O2/c1-4-25-23(27-18-24(8-16-30)9-17-31-19-24)26-10-11-28-12-14-29(15-13-28)22-7-5-6-20(2)21(22)3/h5-7,30H,4,8-19H2,1-3H3,(H2,25,26,27). The summed E-state index contributed by atoms with van der Waals surface area (Å²) in [6, 6.07) is 6.60. The highest BCUT2D eigenvalue weighted by Gasteiger charge is 2.34. The largest absolute Gasteiger partial charge is 0.396 e. The van der Waals surface area contributed by atoms with Crippen LogP contribution in [0.4, 0.5) is 5.69 Å². The van der Waals surface area contributed by atoms with Gasteiger partial charge < -0.3 is 25.4 Å². The SMILES string of the molecule is CCNC(=NCC1(CCO)CCOC1)NCCN1CCN(c2cccc(C)c2C)CC1. The Labute approximate surface area is 187 Å². The van der Waals surface area contributed by atoms with Gasteiger partial charge in [0.2, 0.25) is 0 Å². The van der Waals surface area contributed by atoms with Crippen LogP contribution in [0.3, 0.4) is 0 Å². The lowest BCUT2D eigenvalue weighted by atomic mass is 9.84. The van der Waals surface area contributed by atoms with Crippen LogP contribution in [0.15, 0.2) is 23.2 Å². The normalized spacial score (nSPS) is 22.7. The Morgan fingerprint density at radius 1 is 1.19 bits per heavy atom. The first-order valence-corrected chi connectivity index (χ1v) is 11.8. The maximum absolute atomic E-state index is 9.42. The Hall–Kier alpha value is -1.83. The van der Waals surface area contributed by atoms with Crippen molar-refractivity contribution in [2.45, 2.75) is 33.6 Å². The summed E-state index contributed by atoms with van der Waals surface area (Å²) >= 11 is 0. The molecule has 2 aliphatic heterocycles. The Bertz CT molecular complexity index is 710. The van der Waals surface area contributed by atoms with Crippen molar-refractivity contribution in [3.05, 3.63) is 29.3 Å². The third-order valence-corrected chi connectivity index (χ3v) is 6.75. The van der Waals surface area contributed by atoms with Crippen LogP contribution in [0, 0.1) is 19.3 Å². The number of aliphatic hydroxyl groups excluding tert-OH is 1. The van der Waals surface area contributed by atoms with Gasteiger partial charge in [-0.2, -0.15) is 0 Å². The number of hydrogen-bond donors (Lipinski definition) is 3. The number of nitrogens with zero attached hydrogens (tertiary/aromatic N) is 3. The van der Waals surface area contributed by atoms with Crippen LogP contribution in [0.2, 0.25) is 0 Å². The molecule has 2 heterocycles. The molecule has 1 unspecified atom stereocenters. The minimum absolute atomic E-state index is 0.0125. The van der Waals surface area contributed by atoms with Gasteiger partial charge in [-0.1, -0.05) is 12.1 Å². The molecule has 0 aromatic heterocycles. The van der Waals surface area contributed by atoms with E-state index >= 15 is 0 Å². The average Bonchev–Trinajstić information content (AvgIpc) is 3.24. The summed E-state index contributed by atoms with van der Waals surface area (Å²) in [5.74, 6) is 0.862. The fraction of sp³-hybridized carbons (Fsp3) is 0.708. The van der Waals surface area contributed by atoms with Gasteiger partial charge in [-0.05, 0) is 50.8 Å². The molecule has 0 bridgehead atoms. The van der Waals surface area contributed by atoms with Gasteiger partial charge >= 0.3 is 0 Å². The molecule has 2 aliphatic rings. The summed E-state index contributed by atoms with van der Waals surface area (Å²) in [5.41, 5.74) is 4.13. The highest BCUT2D eigenvalue weighted by atomic mass is 16.5. The van der Waals surface area contributed by atoms with Crippen LogP contribution in [-0.4, -0.2) is 88.1 Å². The first-order chi connectivity index (χ1) is 15.1. The first-order valence-electron chi connectivity index (χ1n) is 11.8. The molecule has 1 atom stereocenters. The molecule has 0 amide bonds. The van der Waals surface area contributed by atoms with E-state index in [1.54, 1.807) is 0 Å². The molecule has 1 aromatic carbocycles. The molecule has 31 heavy (non-hydrogen) atoms. The molecule has 0 spiro atoms. The highest BCUT2D eigenvalue weighted by molar-refractivity contribution is 5.79. The lowest BCUT2D eigenvalue weighted by Crippen LogP contribution is -2.49. The van der Waals surface area contributed by atoms with Crippen LogP contribution >= 0.6 is 0 Å². The molecule has 7 nitrogen and oxygen atoms in total. The van der Waals surface area contributed by atoms with Crippen molar-refractivity contribution in [2.24, 2.45) is 10.4 Å². The third kappa shape index (κ3) is 6.57. The molecular formula is C24H41N5O2. The van der Waals surface area contributed by atoms with Crippen LogP contribution in [0.5, 0.6) is 0 Å². The van der Waals surface area contributed by atoms with Crippen molar-refractivity contribution in [1.82, 2.24) is 15.5 Å². The number of benzene rings is 1. The lowest BCUT2D eigenvalue weighted by molar-refractivity contribution is 0.131. The topological polar surface area (TPSA) is 72.4 Å². The molecule has 2 fully saturated rings. The number of rotatable bonds is 9. The number of aliphatic imine (C=N–C) groups is 1. The molecule has 0 saturated carbocycles. The van der Waals surface area contributed by atoms with Crippen molar-refractivity contribution in [3.8, 4) is 0 Å². The van der Waals surface area contributed by atoms with E-state index in [9.17, 15) is 5.11 Å². The van der Waals surface area contributed by atoms with Crippen LogP contribution < -0.4 is 15.5 Å². The predicted molar refractivity (Wildman–Crippen MR) is 128 cm³/mol. The van der Waals surface area contributed by atoms with E-state index in [4.69, 9.17) is 9.73 Å². The van der Waals surface area contributed by atoms with Crippen molar-refractivity contribution < 1.29 is 9.84 Å². The number of ether oxygens (including phenoxy) is 1.